The van der Waals surface area contributed by atoms with Gasteiger partial charge in [-0.25, -0.2) is 0 Å². The van der Waals surface area contributed by atoms with Gasteiger partial charge in [-0.05, 0) is 72.5 Å². The van der Waals surface area contributed by atoms with Crippen LogP contribution in [0.25, 0.3) is 11.4 Å². The molecule has 0 bridgehead atoms. The number of H-pyrrole nitrogens is 1. The van der Waals surface area contributed by atoms with Gasteiger partial charge in [0.15, 0.2) is 0 Å². The summed E-state index contributed by atoms with van der Waals surface area (Å²) < 4.78 is 0. The van der Waals surface area contributed by atoms with E-state index in [4.69, 9.17) is 0 Å². The molecule has 3 aromatic rings. The summed E-state index contributed by atoms with van der Waals surface area (Å²) in [6, 6.07) is 10.8. The quantitative estimate of drug-likeness (QED) is 0.725. The second-order valence-electron chi connectivity index (χ2n) is 6.78. The molecule has 2 aromatic carbocycles. The standard InChI is InChI=1S/C20H23N5O2/c1-12-8-16(20-21-23-24-22-20)9-13(2)18(12)11-19(27)25(4)14(3)15-6-5-7-17(26)10-15/h5-10,14,26H,11H2,1-4H3,(H,21,22,23,24). The third-order valence-electron chi connectivity index (χ3n) is 4.95. The van der Waals surface area contributed by atoms with Crippen molar-refractivity contribution in [3.05, 3.63) is 58.7 Å². The van der Waals surface area contributed by atoms with Gasteiger partial charge in [0.05, 0.1) is 12.5 Å². The normalized spacial score (nSPS) is 12.0. The van der Waals surface area contributed by atoms with E-state index in [0.717, 1.165) is 27.8 Å². The largest absolute Gasteiger partial charge is 0.508 e. The number of aromatic hydroxyl groups is 1. The SMILES string of the molecule is Cc1cc(-c2nn[nH]n2)cc(C)c1CC(=O)N(C)C(C)c1cccc(O)c1. The Morgan fingerprint density at radius 2 is 1.93 bits per heavy atom. The number of phenolic OH excluding ortho intramolecular Hbond substituents is 1. The Morgan fingerprint density at radius 3 is 2.52 bits per heavy atom. The van der Waals surface area contributed by atoms with Gasteiger partial charge in [0.1, 0.15) is 5.75 Å². The van der Waals surface area contributed by atoms with Gasteiger partial charge in [0.25, 0.3) is 0 Å². The fraction of sp³-hybridized carbons (Fsp3) is 0.300. The number of phenols is 1. The smallest absolute Gasteiger partial charge is 0.227 e. The van der Waals surface area contributed by atoms with Crippen molar-refractivity contribution in [2.45, 2.75) is 33.2 Å². The Hall–Kier alpha value is -3.22. The minimum absolute atomic E-state index is 0.0179. The van der Waals surface area contributed by atoms with Crippen molar-refractivity contribution < 1.29 is 9.90 Å². The molecule has 1 aromatic heterocycles. The van der Waals surface area contributed by atoms with E-state index in [0.29, 0.717) is 12.2 Å². The minimum atomic E-state index is -0.135. The number of aryl methyl sites for hydroxylation is 2. The zero-order valence-corrected chi connectivity index (χ0v) is 15.9. The van der Waals surface area contributed by atoms with Crippen molar-refractivity contribution in [3.63, 3.8) is 0 Å². The van der Waals surface area contributed by atoms with E-state index >= 15 is 0 Å². The molecule has 27 heavy (non-hydrogen) atoms. The van der Waals surface area contributed by atoms with Gasteiger partial charge in [-0.3, -0.25) is 4.79 Å². The average molecular weight is 365 g/mol. The molecule has 1 unspecified atom stereocenters. The molecule has 140 valence electrons. The van der Waals surface area contributed by atoms with E-state index in [9.17, 15) is 9.90 Å². The summed E-state index contributed by atoms with van der Waals surface area (Å²) in [5.41, 5.74) is 4.80. The first-order chi connectivity index (χ1) is 12.9. The predicted octanol–water partition coefficient (Wildman–Crippen LogP) is 2.95. The number of hydrogen-bond donors (Lipinski definition) is 2. The van der Waals surface area contributed by atoms with Crippen LogP contribution in [0.15, 0.2) is 36.4 Å². The van der Waals surface area contributed by atoms with Gasteiger partial charge >= 0.3 is 0 Å². The summed E-state index contributed by atoms with van der Waals surface area (Å²) in [5, 5.41) is 23.7. The second kappa shape index (κ2) is 7.57. The van der Waals surface area contributed by atoms with Gasteiger partial charge in [-0.15, -0.1) is 10.2 Å². The van der Waals surface area contributed by atoms with Crippen molar-refractivity contribution in [2.75, 3.05) is 7.05 Å². The van der Waals surface area contributed by atoms with Gasteiger partial charge in [-0.1, -0.05) is 12.1 Å². The first-order valence-corrected chi connectivity index (χ1v) is 8.75. The van der Waals surface area contributed by atoms with Gasteiger partial charge in [0, 0.05) is 12.6 Å². The first kappa shape index (κ1) is 18.6. The number of tetrazole rings is 1. The Balaban J connectivity index is 1.79. The molecule has 0 fully saturated rings. The molecule has 0 radical (unpaired) electrons. The van der Waals surface area contributed by atoms with E-state index in [-0.39, 0.29) is 17.7 Å². The number of nitrogens with one attached hydrogen (secondary N) is 1. The Morgan fingerprint density at radius 1 is 1.22 bits per heavy atom. The van der Waals surface area contributed by atoms with Crippen LogP contribution in [0.2, 0.25) is 0 Å². The molecule has 7 heteroatoms. The number of likely N-dealkylation sites (N-methyl/N-ethyl adjacent to an activating group) is 1. The van der Waals surface area contributed by atoms with Crippen LogP contribution < -0.4 is 0 Å². The number of benzene rings is 2. The van der Waals surface area contributed by atoms with Crippen LogP contribution in [0, 0.1) is 13.8 Å². The lowest BCUT2D eigenvalue weighted by Gasteiger charge is -2.26. The highest BCUT2D eigenvalue weighted by atomic mass is 16.3. The highest BCUT2D eigenvalue weighted by Crippen LogP contribution is 2.26. The van der Waals surface area contributed by atoms with Gasteiger partial charge in [0.2, 0.25) is 11.7 Å². The number of hydrogen-bond acceptors (Lipinski definition) is 5. The van der Waals surface area contributed by atoms with E-state index < -0.39 is 0 Å². The van der Waals surface area contributed by atoms with Crippen LogP contribution in [0.1, 0.15) is 35.2 Å². The minimum Gasteiger partial charge on any atom is -0.508 e. The van der Waals surface area contributed by atoms with Crippen LogP contribution in [-0.4, -0.2) is 43.6 Å². The molecule has 0 spiro atoms. The molecule has 0 aliphatic rings. The summed E-state index contributed by atoms with van der Waals surface area (Å²) in [6.45, 7) is 5.92. The molecule has 0 aliphatic carbocycles. The molecule has 1 atom stereocenters. The maximum atomic E-state index is 12.9. The number of rotatable bonds is 5. The Labute approximate surface area is 158 Å². The summed E-state index contributed by atoms with van der Waals surface area (Å²) in [6.07, 6.45) is 0.309. The molecule has 1 amide bonds. The van der Waals surface area contributed by atoms with E-state index in [1.807, 2.05) is 39.0 Å². The van der Waals surface area contributed by atoms with E-state index in [2.05, 4.69) is 20.6 Å². The fourth-order valence-corrected chi connectivity index (χ4v) is 3.19. The lowest BCUT2D eigenvalue weighted by atomic mass is 9.96. The second-order valence-corrected chi connectivity index (χ2v) is 6.78. The van der Waals surface area contributed by atoms with Gasteiger partial charge in [-0.2, -0.15) is 5.21 Å². The molecule has 2 N–H and O–H groups in total. The van der Waals surface area contributed by atoms with Gasteiger partial charge < -0.3 is 10.0 Å². The van der Waals surface area contributed by atoms with Crippen molar-refractivity contribution in [1.82, 2.24) is 25.5 Å². The number of carbonyl (C=O) groups is 1. The predicted molar refractivity (Wildman–Crippen MR) is 102 cm³/mol. The van der Waals surface area contributed by atoms with Crippen molar-refractivity contribution in [1.29, 1.82) is 0 Å². The van der Waals surface area contributed by atoms with Crippen LogP contribution in [0.3, 0.4) is 0 Å². The zero-order valence-electron chi connectivity index (χ0n) is 15.9. The molecule has 0 saturated heterocycles. The van der Waals surface area contributed by atoms with E-state index in [1.165, 1.54) is 0 Å². The van der Waals surface area contributed by atoms with Crippen molar-refractivity contribution >= 4 is 5.91 Å². The number of carbonyl (C=O) groups excluding carboxylic acids is 1. The topological polar surface area (TPSA) is 95.0 Å². The molecular weight excluding hydrogens is 342 g/mol. The van der Waals surface area contributed by atoms with Crippen LogP contribution in [0.4, 0.5) is 0 Å². The molecule has 0 saturated carbocycles. The third-order valence-corrected chi connectivity index (χ3v) is 4.95. The molecule has 0 aliphatic heterocycles. The third kappa shape index (κ3) is 3.97. The molecule has 3 rings (SSSR count). The van der Waals surface area contributed by atoms with Crippen molar-refractivity contribution in [3.8, 4) is 17.1 Å². The van der Waals surface area contributed by atoms with E-state index in [1.54, 1.807) is 30.1 Å². The first-order valence-electron chi connectivity index (χ1n) is 8.75. The van der Waals surface area contributed by atoms with Crippen molar-refractivity contribution in [2.24, 2.45) is 0 Å². The number of amides is 1. The lowest BCUT2D eigenvalue weighted by Crippen LogP contribution is -2.31. The van der Waals surface area contributed by atoms with Crippen LogP contribution >= 0.6 is 0 Å². The fourth-order valence-electron chi connectivity index (χ4n) is 3.19. The monoisotopic (exact) mass is 365 g/mol. The molecule has 7 nitrogen and oxygen atoms in total. The lowest BCUT2D eigenvalue weighted by molar-refractivity contribution is -0.131. The highest BCUT2D eigenvalue weighted by molar-refractivity contribution is 5.80. The Bertz CT molecular complexity index is 930. The summed E-state index contributed by atoms with van der Waals surface area (Å²) in [7, 11) is 1.79. The summed E-state index contributed by atoms with van der Waals surface area (Å²) >= 11 is 0. The zero-order chi connectivity index (χ0) is 19.6. The van der Waals surface area contributed by atoms with Crippen LogP contribution in [-0.2, 0) is 11.2 Å². The number of aromatic nitrogens is 4. The molecule has 1 heterocycles. The summed E-state index contributed by atoms with van der Waals surface area (Å²) in [4.78, 5) is 14.6. The average Bonchev–Trinajstić information content (AvgIpc) is 3.18. The summed E-state index contributed by atoms with van der Waals surface area (Å²) in [5.74, 6) is 0.752. The highest BCUT2D eigenvalue weighted by Gasteiger charge is 2.20. The van der Waals surface area contributed by atoms with Crippen LogP contribution in [0.5, 0.6) is 5.75 Å². The Kier molecular flexibility index (Phi) is 5.21. The molecular formula is C20H23N5O2. The number of aromatic amines is 1. The number of nitrogens with zero attached hydrogens (tertiary/aromatic N) is 4. The maximum Gasteiger partial charge on any atom is 0.227 e. The maximum absolute atomic E-state index is 12.9.